The number of halogens is 2. The van der Waals surface area contributed by atoms with Crippen LogP contribution in [0.15, 0.2) is 24.5 Å². The monoisotopic (exact) mass is 313 g/mol. The molecule has 0 aliphatic carbocycles. The Morgan fingerprint density at radius 1 is 1.44 bits per heavy atom. The molecule has 0 aliphatic heterocycles. The Hall–Kier alpha value is -1.43. The first kappa shape index (κ1) is 13.0. The van der Waals surface area contributed by atoms with Crippen LogP contribution in [0.4, 0.5) is 4.39 Å². The molecule has 1 heterocycles. The summed E-state index contributed by atoms with van der Waals surface area (Å²) in [5, 5.41) is 4.58. The van der Waals surface area contributed by atoms with Crippen molar-refractivity contribution in [2.24, 2.45) is 0 Å². The minimum Gasteiger partial charge on any atom is -0.482 e. The number of alkyl halides is 1. The lowest BCUT2D eigenvalue weighted by Crippen LogP contribution is -2.08. The zero-order chi connectivity index (χ0) is 13.0. The lowest BCUT2D eigenvalue weighted by Gasteiger charge is -2.10. The van der Waals surface area contributed by atoms with Gasteiger partial charge in [-0.2, -0.15) is 5.10 Å². The third-order valence-corrected chi connectivity index (χ3v) is 3.14. The summed E-state index contributed by atoms with van der Waals surface area (Å²) in [6.45, 7) is 2.88. The molecule has 1 aromatic carbocycles. The predicted molar refractivity (Wildman–Crippen MR) is 69.1 cm³/mol. The first-order chi connectivity index (χ1) is 8.76. The van der Waals surface area contributed by atoms with Crippen LogP contribution in [0, 0.1) is 5.82 Å². The molecule has 0 fully saturated rings. The van der Waals surface area contributed by atoms with E-state index in [1.54, 1.807) is 10.7 Å². The van der Waals surface area contributed by atoms with Crippen LogP contribution >= 0.6 is 15.9 Å². The molecule has 1 aromatic heterocycles. The highest BCUT2D eigenvalue weighted by Gasteiger charge is 2.11. The molecule has 0 amide bonds. The number of hydrogen-bond donors (Lipinski definition) is 0. The summed E-state index contributed by atoms with van der Waals surface area (Å²) in [7, 11) is 0. The minimum atomic E-state index is -0.366. The molecule has 4 nitrogen and oxygen atoms in total. The van der Waals surface area contributed by atoms with Gasteiger partial charge in [-0.15, -0.1) is 0 Å². The average molecular weight is 314 g/mol. The third-order valence-electron chi connectivity index (χ3n) is 2.53. The number of rotatable bonds is 5. The normalized spacial score (nSPS) is 10.6. The fourth-order valence-electron chi connectivity index (χ4n) is 1.62. The number of nitrogens with zero attached hydrogens (tertiary/aromatic N) is 3. The van der Waals surface area contributed by atoms with Crippen molar-refractivity contribution in [2.75, 3.05) is 0 Å². The molecule has 0 aliphatic rings. The number of para-hydroxylation sites is 1. The van der Waals surface area contributed by atoms with Crippen molar-refractivity contribution in [1.29, 1.82) is 0 Å². The van der Waals surface area contributed by atoms with Gasteiger partial charge in [0.25, 0.3) is 0 Å². The van der Waals surface area contributed by atoms with Crippen molar-refractivity contribution < 1.29 is 9.13 Å². The van der Waals surface area contributed by atoms with Crippen LogP contribution in [0.25, 0.3) is 0 Å². The van der Waals surface area contributed by atoms with Gasteiger partial charge in [0.05, 0.1) is 0 Å². The Balaban J connectivity index is 2.15. The number of aryl methyl sites for hydroxylation is 1. The number of hydrogen-bond acceptors (Lipinski definition) is 3. The molecule has 0 N–H and O–H groups in total. The molecule has 18 heavy (non-hydrogen) atoms. The third kappa shape index (κ3) is 2.69. The van der Waals surface area contributed by atoms with Gasteiger partial charge in [0.15, 0.2) is 17.4 Å². The van der Waals surface area contributed by atoms with E-state index in [-0.39, 0.29) is 18.2 Å². The molecule has 0 bridgehead atoms. The van der Waals surface area contributed by atoms with E-state index < -0.39 is 0 Å². The highest BCUT2D eigenvalue weighted by molar-refractivity contribution is 9.08. The highest BCUT2D eigenvalue weighted by Crippen LogP contribution is 2.25. The lowest BCUT2D eigenvalue weighted by atomic mass is 10.2. The fourth-order valence-corrected chi connectivity index (χ4v) is 2.06. The second kappa shape index (κ2) is 5.95. The van der Waals surface area contributed by atoms with Crippen molar-refractivity contribution >= 4 is 15.9 Å². The van der Waals surface area contributed by atoms with E-state index in [2.05, 4.69) is 26.0 Å². The predicted octanol–water partition coefficient (Wildman–Crippen LogP) is 2.91. The zero-order valence-corrected chi connectivity index (χ0v) is 11.5. The number of benzene rings is 1. The van der Waals surface area contributed by atoms with Gasteiger partial charge < -0.3 is 4.74 Å². The van der Waals surface area contributed by atoms with Crippen LogP contribution in [-0.2, 0) is 18.5 Å². The molecule has 0 saturated carbocycles. The topological polar surface area (TPSA) is 39.9 Å². The molecule has 2 rings (SSSR count). The van der Waals surface area contributed by atoms with E-state index in [0.29, 0.717) is 17.7 Å². The van der Waals surface area contributed by atoms with Gasteiger partial charge in [0.1, 0.15) is 12.9 Å². The maximum atomic E-state index is 13.7. The van der Waals surface area contributed by atoms with E-state index in [1.807, 2.05) is 13.0 Å². The Kier molecular flexibility index (Phi) is 4.30. The van der Waals surface area contributed by atoms with Gasteiger partial charge in [-0.1, -0.05) is 28.1 Å². The van der Waals surface area contributed by atoms with Crippen LogP contribution in [-0.4, -0.2) is 14.8 Å². The van der Waals surface area contributed by atoms with Gasteiger partial charge in [0, 0.05) is 17.4 Å². The van der Waals surface area contributed by atoms with Crippen molar-refractivity contribution in [3.8, 4) is 5.75 Å². The number of ether oxygens (including phenoxy) is 1. The maximum Gasteiger partial charge on any atom is 0.165 e. The minimum absolute atomic E-state index is 0.203. The summed E-state index contributed by atoms with van der Waals surface area (Å²) < 4.78 is 20.9. The summed E-state index contributed by atoms with van der Waals surface area (Å²) in [5.74, 6) is 0.579. The summed E-state index contributed by atoms with van der Waals surface area (Å²) in [4.78, 5) is 4.08. The summed E-state index contributed by atoms with van der Waals surface area (Å²) in [6.07, 6.45) is 1.47. The average Bonchev–Trinajstić information content (AvgIpc) is 2.84. The second-order valence-corrected chi connectivity index (χ2v) is 4.20. The van der Waals surface area contributed by atoms with Crippen molar-refractivity contribution in [2.45, 2.75) is 25.4 Å². The van der Waals surface area contributed by atoms with Crippen LogP contribution in [0.5, 0.6) is 5.75 Å². The van der Waals surface area contributed by atoms with Gasteiger partial charge >= 0.3 is 0 Å². The van der Waals surface area contributed by atoms with Crippen LogP contribution in [0.2, 0.25) is 0 Å². The molecular weight excluding hydrogens is 301 g/mol. The molecule has 0 saturated heterocycles. The Morgan fingerprint density at radius 2 is 2.28 bits per heavy atom. The molecule has 6 heteroatoms. The van der Waals surface area contributed by atoms with E-state index in [0.717, 1.165) is 5.56 Å². The molecule has 0 radical (unpaired) electrons. The first-order valence-electron chi connectivity index (χ1n) is 5.59. The van der Waals surface area contributed by atoms with Crippen molar-refractivity contribution in [3.05, 3.63) is 41.7 Å². The summed E-state index contributed by atoms with van der Waals surface area (Å²) >= 11 is 3.31. The van der Waals surface area contributed by atoms with Gasteiger partial charge in [-0.05, 0) is 13.0 Å². The van der Waals surface area contributed by atoms with Gasteiger partial charge in [0.2, 0.25) is 0 Å². The molecule has 0 atom stereocenters. The van der Waals surface area contributed by atoms with Crippen molar-refractivity contribution in [1.82, 2.24) is 14.8 Å². The highest BCUT2D eigenvalue weighted by atomic mass is 79.9. The lowest BCUT2D eigenvalue weighted by molar-refractivity contribution is 0.271. The van der Waals surface area contributed by atoms with Crippen LogP contribution in [0.1, 0.15) is 18.3 Å². The SMILES string of the molecule is CCn1ncnc1COc1c(F)cccc1CBr. The van der Waals surface area contributed by atoms with Gasteiger partial charge in [-0.25, -0.2) is 14.1 Å². The Bertz CT molecular complexity index is 530. The largest absolute Gasteiger partial charge is 0.482 e. The summed E-state index contributed by atoms with van der Waals surface area (Å²) in [5.41, 5.74) is 0.776. The smallest absolute Gasteiger partial charge is 0.165 e. The fraction of sp³-hybridized carbons (Fsp3) is 0.333. The quantitative estimate of drug-likeness (QED) is 0.797. The molecular formula is C12H13BrFN3O. The second-order valence-electron chi connectivity index (χ2n) is 3.64. The van der Waals surface area contributed by atoms with E-state index in [9.17, 15) is 4.39 Å². The summed E-state index contributed by atoms with van der Waals surface area (Å²) in [6, 6.07) is 4.86. The zero-order valence-electron chi connectivity index (χ0n) is 9.94. The van der Waals surface area contributed by atoms with E-state index in [4.69, 9.17) is 4.74 Å². The van der Waals surface area contributed by atoms with Crippen LogP contribution in [0.3, 0.4) is 0 Å². The molecule has 2 aromatic rings. The van der Waals surface area contributed by atoms with Crippen LogP contribution < -0.4 is 4.74 Å². The molecule has 0 spiro atoms. The Labute approximate surface area is 113 Å². The Morgan fingerprint density at radius 3 is 3.00 bits per heavy atom. The van der Waals surface area contributed by atoms with E-state index in [1.165, 1.54) is 12.4 Å². The number of aromatic nitrogens is 3. The standard InChI is InChI=1S/C12H13BrFN3O/c1-2-17-11(15-8-16-17)7-18-12-9(6-13)4-3-5-10(12)14/h3-5,8H,2,6-7H2,1H3. The maximum absolute atomic E-state index is 13.7. The van der Waals surface area contributed by atoms with Crippen molar-refractivity contribution in [3.63, 3.8) is 0 Å². The first-order valence-corrected chi connectivity index (χ1v) is 6.71. The molecule has 0 unspecified atom stereocenters. The van der Waals surface area contributed by atoms with E-state index >= 15 is 0 Å². The molecule has 96 valence electrons. The van der Waals surface area contributed by atoms with Gasteiger partial charge in [-0.3, -0.25) is 0 Å².